The maximum atomic E-state index is 12.4. The first-order chi connectivity index (χ1) is 14.5. The van der Waals surface area contributed by atoms with Crippen LogP contribution in [0.25, 0.3) is 0 Å². The molecule has 3 rings (SSSR count). The Morgan fingerprint density at radius 1 is 1.23 bits per heavy atom. The molecule has 6 nitrogen and oxygen atoms in total. The Bertz CT molecular complexity index is 946. The first-order valence-electron chi connectivity index (χ1n) is 10.2. The molecule has 1 saturated carbocycles. The second-order valence-electron chi connectivity index (χ2n) is 6.46. The van der Waals surface area contributed by atoms with Gasteiger partial charge in [-0.25, -0.2) is 0 Å². The third kappa shape index (κ3) is 8.06. The normalized spacial score (nSPS) is 11.5. The second-order valence-corrected chi connectivity index (χ2v) is 6.46. The quantitative estimate of drug-likeness (QED) is 0.502. The van der Waals surface area contributed by atoms with Gasteiger partial charge in [0.1, 0.15) is 12.4 Å². The molecule has 0 saturated heterocycles. The minimum absolute atomic E-state index is 0.0181. The van der Waals surface area contributed by atoms with E-state index in [4.69, 9.17) is 15.6 Å². The number of benzene rings is 1. The van der Waals surface area contributed by atoms with Crippen LogP contribution in [-0.2, 0) is 6.54 Å². The summed E-state index contributed by atoms with van der Waals surface area (Å²) in [6, 6.07) is 11.2. The summed E-state index contributed by atoms with van der Waals surface area (Å²) in [5, 5.41) is 14.4. The maximum Gasteiger partial charge on any atom is 0.254 e. The van der Waals surface area contributed by atoms with E-state index in [0.717, 1.165) is 23.0 Å². The summed E-state index contributed by atoms with van der Waals surface area (Å²) in [5.74, 6) is 7.43. The third-order valence-electron chi connectivity index (χ3n) is 4.17. The molecule has 1 aliphatic carbocycles. The van der Waals surface area contributed by atoms with E-state index >= 15 is 0 Å². The fraction of sp³-hybridized carbons (Fsp3) is 0.375. The van der Waals surface area contributed by atoms with Crippen molar-refractivity contribution in [2.24, 2.45) is 11.7 Å². The average molecular weight is 409 g/mol. The first-order valence-corrected chi connectivity index (χ1v) is 10.2. The molecule has 4 N–H and O–H groups in total. The molecule has 30 heavy (non-hydrogen) atoms. The summed E-state index contributed by atoms with van der Waals surface area (Å²) in [4.78, 5) is 12.4. The zero-order valence-electron chi connectivity index (χ0n) is 18.3. The number of nitrogens with one attached hydrogen (secondary N) is 2. The Hall–Kier alpha value is -3.17. The minimum atomic E-state index is -0.154. The van der Waals surface area contributed by atoms with Crippen LogP contribution in [-0.4, -0.2) is 30.1 Å². The molecule has 6 heteroatoms. The van der Waals surface area contributed by atoms with Crippen molar-refractivity contribution in [3.8, 4) is 17.6 Å². The van der Waals surface area contributed by atoms with Crippen molar-refractivity contribution in [2.45, 2.75) is 40.2 Å². The van der Waals surface area contributed by atoms with Crippen LogP contribution in [0, 0.1) is 35.5 Å². The Kier molecular flexibility index (Phi) is 10.9. The molecule has 1 aromatic carbocycles. The van der Waals surface area contributed by atoms with E-state index in [0.29, 0.717) is 18.2 Å². The summed E-state index contributed by atoms with van der Waals surface area (Å²) in [6.45, 7) is 6.32. The van der Waals surface area contributed by atoms with E-state index in [1.54, 1.807) is 10.6 Å². The van der Waals surface area contributed by atoms with Crippen molar-refractivity contribution >= 4 is 11.9 Å². The van der Waals surface area contributed by atoms with Crippen LogP contribution < -0.4 is 16.0 Å². The van der Waals surface area contributed by atoms with Crippen LogP contribution in [0.15, 0.2) is 41.2 Å². The number of aryl methyl sites for hydroxylation is 1. The predicted octanol–water partition coefficient (Wildman–Crippen LogP) is 3.62. The van der Waals surface area contributed by atoms with E-state index in [1.165, 1.54) is 26.0 Å². The number of rotatable bonds is 6. The van der Waals surface area contributed by atoms with Gasteiger partial charge in [-0.3, -0.25) is 4.79 Å². The summed E-state index contributed by atoms with van der Waals surface area (Å²) in [7, 11) is 1.50. The van der Waals surface area contributed by atoms with Crippen LogP contribution in [0.2, 0.25) is 0 Å². The lowest BCUT2D eigenvalue weighted by atomic mass is 10.1. The molecular weight excluding hydrogens is 376 g/mol. The molecule has 0 radical (unpaired) electrons. The standard InChI is InChI=1S/C21H21N3O2.C2H6.CH5N/c1-15-10-20(26-14-19(23)12-22)11-21(25)24(15)13-18-8-6-17(7-9-18)5-4-16-2-3-16;2*1-2/h6-12,16,22-23H,2-3,13-14H2,1H3;1-2H3;2H2,1H3. The Labute approximate surface area is 179 Å². The number of hydrogen-bond acceptors (Lipinski definition) is 5. The molecule has 2 aromatic rings. The number of nitrogens with two attached hydrogens (primary N) is 1. The zero-order chi connectivity index (χ0) is 22.5. The van der Waals surface area contributed by atoms with Crippen molar-refractivity contribution in [3.63, 3.8) is 0 Å². The highest BCUT2D eigenvalue weighted by Gasteiger charge is 2.17. The van der Waals surface area contributed by atoms with E-state index < -0.39 is 0 Å². The van der Waals surface area contributed by atoms with E-state index in [2.05, 4.69) is 17.6 Å². The van der Waals surface area contributed by atoms with Crippen LogP contribution in [0.1, 0.15) is 43.5 Å². The van der Waals surface area contributed by atoms with Gasteiger partial charge in [0, 0.05) is 29.5 Å². The summed E-state index contributed by atoms with van der Waals surface area (Å²) in [5.41, 5.74) is 7.22. The molecule has 1 aromatic heterocycles. The van der Waals surface area contributed by atoms with Gasteiger partial charge in [0.15, 0.2) is 0 Å². The smallest absolute Gasteiger partial charge is 0.254 e. The molecule has 0 atom stereocenters. The molecule has 0 unspecified atom stereocenters. The monoisotopic (exact) mass is 408 g/mol. The Balaban J connectivity index is 0.00000106. The Morgan fingerprint density at radius 2 is 1.87 bits per heavy atom. The SMILES string of the molecule is CC.CN.Cc1cc(OCC(=N)C=N)cc(=O)n1Cc1ccc(C#CC2CC2)cc1. The lowest BCUT2D eigenvalue weighted by Gasteiger charge is -2.12. The van der Waals surface area contributed by atoms with Crippen molar-refractivity contribution < 1.29 is 4.74 Å². The van der Waals surface area contributed by atoms with Crippen molar-refractivity contribution in [2.75, 3.05) is 13.7 Å². The number of aromatic nitrogens is 1. The molecule has 0 bridgehead atoms. The van der Waals surface area contributed by atoms with Gasteiger partial charge in [-0.2, -0.15) is 0 Å². The molecule has 1 fully saturated rings. The van der Waals surface area contributed by atoms with Crippen LogP contribution in [0.3, 0.4) is 0 Å². The minimum Gasteiger partial charge on any atom is -0.487 e. The highest BCUT2D eigenvalue weighted by Crippen LogP contribution is 2.27. The first kappa shape index (κ1) is 24.9. The number of ether oxygens (including phenoxy) is 1. The van der Waals surface area contributed by atoms with Crippen molar-refractivity contribution in [1.29, 1.82) is 10.8 Å². The van der Waals surface area contributed by atoms with Gasteiger partial charge in [-0.1, -0.05) is 37.8 Å². The van der Waals surface area contributed by atoms with E-state index in [-0.39, 0.29) is 17.9 Å². The van der Waals surface area contributed by atoms with Crippen LogP contribution in [0.4, 0.5) is 0 Å². The molecule has 0 spiro atoms. The maximum absolute atomic E-state index is 12.4. The molecule has 160 valence electrons. The van der Waals surface area contributed by atoms with Gasteiger partial charge in [0.25, 0.3) is 5.56 Å². The van der Waals surface area contributed by atoms with Crippen molar-refractivity contribution in [3.05, 3.63) is 63.6 Å². The lowest BCUT2D eigenvalue weighted by Crippen LogP contribution is -2.23. The summed E-state index contributed by atoms with van der Waals surface area (Å²) < 4.78 is 7.07. The van der Waals surface area contributed by atoms with E-state index in [1.807, 2.05) is 45.0 Å². The predicted molar refractivity (Wildman–Crippen MR) is 124 cm³/mol. The van der Waals surface area contributed by atoms with Crippen molar-refractivity contribution in [1.82, 2.24) is 4.57 Å². The van der Waals surface area contributed by atoms with Crippen LogP contribution >= 0.6 is 0 Å². The van der Waals surface area contributed by atoms with Gasteiger partial charge < -0.3 is 25.9 Å². The van der Waals surface area contributed by atoms with Gasteiger partial charge in [-0.15, -0.1) is 0 Å². The summed E-state index contributed by atoms with van der Waals surface area (Å²) >= 11 is 0. The fourth-order valence-corrected chi connectivity index (χ4v) is 2.48. The molecule has 1 aliphatic rings. The lowest BCUT2D eigenvalue weighted by molar-refractivity contribution is 0.375. The van der Waals surface area contributed by atoms with Gasteiger partial charge in [0.05, 0.1) is 12.3 Å². The second kappa shape index (κ2) is 13.1. The highest BCUT2D eigenvalue weighted by atomic mass is 16.5. The average Bonchev–Trinajstić information content (AvgIpc) is 3.61. The largest absolute Gasteiger partial charge is 0.487 e. The number of nitrogens with zero attached hydrogens (tertiary/aromatic N) is 1. The van der Waals surface area contributed by atoms with E-state index in [9.17, 15) is 4.79 Å². The summed E-state index contributed by atoms with van der Waals surface area (Å²) in [6.07, 6.45) is 3.36. The third-order valence-corrected chi connectivity index (χ3v) is 4.17. The fourth-order valence-electron chi connectivity index (χ4n) is 2.48. The van der Waals surface area contributed by atoms with Gasteiger partial charge >= 0.3 is 0 Å². The molecule has 0 amide bonds. The molecule has 0 aliphatic heterocycles. The highest BCUT2D eigenvalue weighted by molar-refractivity contribution is 6.28. The molecular formula is C24H32N4O2. The van der Waals surface area contributed by atoms with Gasteiger partial charge in [0.2, 0.25) is 0 Å². The van der Waals surface area contributed by atoms with Crippen LogP contribution in [0.5, 0.6) is 5.75 Å². The zero-order valence-corrected chi connectivity index (χ0v) is 18.3. The number of hydrogen-bond donors (Lipinski definition) is 3. The van der Waals surface area contributed by atoms with Gasteiger partial charge in [-0.05, 0) is 50.6 Å². The topological polar surface area (TPSA) is 105 Å². The number of pyridine rings is 1. The molecule has 1 heterocycles. The Morgan fingerprint density at radius 3 is 2.40 bits per heavy atom.